The second-order valence-electron chi connectivity index (χ2n) is 10.2. The third-order valence-electron chi connectivity index (χ3n) is 7.64. The van der Waals surface area contributed by atoms with Gasteiger partial charge in [-0.05, 0) is 79.0 Å². The van der Waals surface area contributed by atoms with Crippen LogP contribution in [-0.4, -0.2) is 43.5 Å². The van der Waals surface area contributed by atoms with Crippen molar-refractivity contribution in [1.29, 1.82) is 0 Å². The summed E-state index contributed by atoms with van der Waals surface area (Å²) in [6.07, 6.45) is 2.70. The van der Waals surface area contributed by atoms with Gasteiger partial charge >= 0.3 is 0 Å². The third-order valence-corrected chi connectivity index (χ3v) is 8.37. The van der Waals surface area contributed by atoms with E-state index in [0.717, 1.165) is 47.3 Å². The largest absolute Gasteiger partial charge is 0.490 e. The number of ether oxygens (including phenoxy) is 1. The zero-order valence-corrected chi connectivity index (χ0v) is 23.8. The molecule has 2 aliphatic rings. The normalized spacial score (nSPS) is 22.3. The van der Waals surface area contributed by atoms with Gasteiger partial charge in [0.05, 0.1) is 6.04 Å². The molecule has 3 unspecified atom stereocenters. The number of carbonyl (C=O) groups excluding carboxylic acids is 2. The van der Waals surface area contributed by atoms with Gasteiger partial charge in [0.25, 0.3) is 0 Å². The topological polar surface area (TPSA) is 70.7 Å². The summed E-state index contributed by atoms with van der Waals surface area (Å²) in [6.45, 7) is 1.91. The quantitative estimate of drug-likeness (QED) is 0.302. The molecular formula is C30H30BrClFN3O3. The molecule has 0 bridgehead atoms. The highest BCUT2D eigenvalue weighted by molar-refractivity contribution is 9.10. The van der Waals surface area contributed by atoms with Gasteiger partial charge in [0.15, 0.2) is 0 Å². The van der Waals surface area contributed by atoms with Gasteiger partial charge < -0.3 is 20.3 Å². The molecule has 9 heteroatoms. The first kappa shape index (κ1) is 27.6. The van der Waals surface area contributed by atoms with Crippen molar-refractivity contribution < 1.29 is 18.7 Å². The number of nitrogens with zero attached hydrogens (tertiary/aromatic N) is 1. The maximum absolute atomic E-state index is 14.4. The highest BCUT2D eigenvalue weighted by Crippen LogP contribution is 2.51. The molecule has 204 valence electrons. The van der Waals surface area contributed by atoms with Crippen molar-refractivity contribution in [2.45, 2.75) is 43.2 Å². The molecule has 0 spiro atoms. The van der Waals surface area contributed by atoms with Crippen LogP contribution in [0.2, 0.25) is 5.02 Å². The molecule has 0 aliphatic carbocycles. The van der Waals surface area contributed by atoms with E-state index in [9.17, 15) is 14.0 Å². The van der Waals surface area contributed by atoms with E-state index < -0.39 is 11.9 Å². The third kappa shape index (κ3) is 6.29. The molecule has 0 aromatic heterocycles. The van der Waals surface area contributed by atoms with Crippen LogP contribution in [-0.2, 0) is 9.59 Å². The Morgan fingerprint density at radius 2 is 1.90 bits per heavy atom. The average Bonchev–Trinajstić information content (AvgIpc) is 2.91. The Kier molecular flexibility index (Phi) is 8.54. The number of likely N-dealkylation sites (tertiary alicyclic amines) is 1. The smallest absolute Gasteiger partial charge is 0.221 e. The molecule has 6 nitrogen and oxygen atoms in total. The van der Waals surface area contributed by atoms with Crippen molar-refractivity contribution in [3.05, 3.63) is 92.7 Å². The number of benzene rings is 3. The molecule has 2 N–H and O–H groups in total. The molecule has 5 rings (SSSR count). The Hall–Kier alpha value is -2.94. The summed E-state index contributed by atoms with van der Waals surface area (Å²) in [5, 5.41) is 6.35. The standard InChI is InChI=1S/C30H30BrClFN3O3/c1-36-11-9-22(10-12-36)39-27-8-5-19(31)14-24(27)25-16-28(38)35-30(18-3-2-4-21(33)13-18)29(25)23-7-6-20(32)15-26(23)34-17-37/h2-8,13-15,17,22,25,29-30H,9-12,16H2,1H3,(H,34,37)(H,35,38). The number of piperidine rings is 2. The van der Waals surface area contributed by atoms with E-state index >= 15 is 0 Å². The highest BCUT2D eigenvalue weighted by atomic mass is 79.9. The summed E-state index contributed by atoms with van der Waals surface area (Å²) >= 11 is 9.92. The van der Waals surface area contributed by atoms with Crippen LogP contribution >= 0.6 is 27.5 Å². The van der Waals surface area contributed by atoms with Crippen LogP contribution in [0.15, 0.2) is 65.1 Å². The lowest BCUT2D eigenvalue weighted by atomic mass is 9.70. The molecule has 2 heterocycles. The number of rotatable bonds is 7. The van der Waals surface area contributed by atoms with Crippen LogP contribution in [0.25, 0.3) is 0 Å². The van der Waals surface area contributed by atoms with Gasteiger partial charge in [0.2, 0.25) is 12.3 Å². The number of nitrogens with one attached hydrogen (secondary N) is 2. The van der Waals surface area contributed by atoms with Gasteiger partial charge in [-0.3, -0.25) is 9.59 Å². The molecule has 0 saturated carbocycles. The summed E-state index contributed by atoms with van der Waals surface area (Å²) in [7, 11) is 2.11. The number of anilines is 1. The molecule has 3 aromatic carbocycles. The van der Waals surface area contributed by atoms with Crippen molar-refractivity contribution in [2.24, 2.45) is 0 Å². The zero-order chi connectivity index (χ0) is 27.5. The Labute approximate surface area is 241 Å². The minimum absolute atomic E-state index is 0.0684. The zero-order valence-electron chi connectivity index (χ0n) is 21.5. The summed E-state index contributed by atoms with van der Waals surface area (Å²) in [4.78, 5) is 27.1. The van der Waals surface area contributed by atoms with Crippen LogP contribution in [0.5, 0.6) is 5.75 Å². The van der Waals surface area contributed by atoms with Gasteiger partial charge in [-0.1, -0.05) is 45.7 Å². The minimum Gasteiger partial charge on any atom is -0.490 e. The van der Waals surface area contributed by atoms with E-state index in [2.05, 4.69) is 38.5 Å². The summed E-state index contributed by atoms with van der Waals surface area (Å²) in [5.74, 6) is -0.500. The van der Waals surface area contributed by atoms with Gasteiger partial charge in [-0.2, -0.15) is 0 Å². The fourth-order valence-electron chi connectivity index (χ4n) is 5.78. The first-order valence-electron chi connectivity index (χ1n) is 13.0. The van der Waals surface area contributed by atoms with Crippen LogP contribution < -0.4 is 15.4 Å². The summed E-state index contributed by atoms with van der Waals surface area (Å²) in [6, 6.07) is 16.9. The van der Waals surface area contributed by atoms with Gasteiger partial charge in [-0.15, -0.1) is 0 Å². The lowest BCUT2D eigenvalue weighted by molar-refractivity contribution is -0.124. The summed E-state index contributed by atoms with van der Waals surface area (Å²) in [5.41, 5.74) is 2.85. The van der Waals surface area contributed by atoms with Crippen molar-refractivity contribution in [1.82, 2.24) is 10.2 Å². The number of hydrogen-bond donors (Lipinski definition) is 2. The molecule has 3 atom stereocenters. The average molecular weight is 615 g/mol. The van der Waals surface area contributed by atoms with Crippen LogP contribution in [0.1, 0.15) is 53.8 Å². The number of amides is 2. The fourth-order valence-corrected chi connectivity index (χ4v) is 6.33. The van der Waals surface area contributed by atoms with Crippen molar-refractivity contribution in [2.75, 3.05) is 25.5 Å². The molecular weight excluding hydrogens is 585 g/mol. The molecule has 2 aliphatic heterocycles. The van der Waals surface area contributed by atoms with E-state index in [1.54, 1.807) is 18.2 Å². The summed E-state index contributed by atoms with van der Waals surface area (Å²) < 4.78 is 21.9. The predicted molar refractivity (Wildman–Crippen MR) is 154 cm³/mol. The van der Waals surface area contributed by atoms with Gasteiger partial charge in [-0.25, -0.2) is 4.39 Å². The Balaban J connectivity index is 1.64. The van der Waals surface area contributed by atoms with E-state index in [-0.39, 0.29) is 30.3 Å². The van der Waals surface area contributed by atoms with Crippen molar-refractivity contribution in [3.63, 3.8) is 0 Å². The number of halogens is 3. The van der Waals surface area contributed by atoms with Gasteiger partial charge in [0.1, 0.15) is 17.7 Å². The lowest BCUT2D eigenvalue weighted by Crippen LogP contribution is -2.42. The molecule has 39 heavy (non-hydrogen) atoms. The van der Waals surface area contributed by atoms with E-state index in [1.165, 1.54) is 12.1 Å². The van der Waals surface area contributed by atoms with E-state index in [1.807, 2.05) is 30.3 Å². The van der Waals surface area contributed by atoms with Gasteiger partial charge in [0, 0.05) is 46.5 Å². The Morgan fingerprint density at radius 1 is 1.10 bits per heavy atom. The van der Waals surface area contributed by atoms with Crippen LogP contribution in [0, 0.1) is 5.82 Å². The predicted octanol–water partition coefficient (Wildman–Crippen LogP) is 6.41. The minimum atomic E-state index is -0.560. The molecule has 2 fully saturated rings. The molecule has 3 aromatic rings. The fraction of sp³-hybridized carbons (Fsp3) is 0.333. The van der Waals surface area contributed by atoms with E-state index in [4.69, 9.17) is 16.3 Å². The van der Waals surface area contributed by atoms with Crippen LogP contribution in [0.4, 0.5) is 10.1 Å². The maximum Gasteiger partial charge on any atom is 0.221 e. The number of hydrogen-bond acceptors (Lipinski definition) is 4. The Morgan fingerprint density at radius 3 is 2.64 bits per heavy atom. The number of carbonyl (C=O) groups is 2. The lowest BCUT2D eigenvalue weighted by Gasteiger charge is -2.41. The molecule has 2 amide bonds. The second kappa shape index (κ2) is 12.1. The van der Waals surface area contributed by atoms with E-state index in [0.29, 0.717) is 22.7 Å². The first-order valence-corrected chi connectivity index (χ1v) is 14.2. The molecule has 2 saturated heterocycles. The van der Waals surface area contributed by atoms with Crippen LogP contribution in [0.3, 0.4) is 0 Å². The molecule has 0 radical (unpaired) electrons. The SMILES string of the molecule is CN1CCC(Oc2ccc(Br)cc2C2CC(=O)NC(c3cccc(F)c3)C2c2ccc(Cl)cc2NC=O)CC1. The van der Waals surface area contributed by atoms with Crippen molar-refractivity contribution >= 4 is 45.5 Å². The first-order chi connectivity index (χ1) is 18.8. The highest BCUT2D eigenvalue weighted by Gasteiger charge is 2.42. The monoisotopic (exact) mass is 613 g/mol. The van der Waals surface area contributed by atoms with Crippen molar-refractivity contribution in [3.8, 4) is 5.75 Å². The Bertz CT molecular complexity index is 1370. The maximum atomic E-state index is 14.4. The second-order valence-corrected chi connectivity index (χ2v) is 11.6.